The van der Waals surface area contributed by atoms with Crippen LogP contribution in [0.15, 0.2) is 40.8 Å². The van der Waals surface area contributed by atoms with Gasteiger partial charge in [-0.2, -0.15) is 13.2 Å². The Hall–Kier alpha value is -1.83. The minimum Gasteiger partial charge on any atom is -0.370 e. The van der Waals surface area contributed by atoms with Crippen LogP contribution in [0, 0.1) is 0 Å². The van der Waals surface area contributed by atoms with Gasteiger partial charge in [0, 0.05) is 18.9 Å². The summed E-state index contributed by atoms with van der Waals surface area (Å²) in [5.41, 5.74) is -0.741. The van der Waals surface area contributed by atoms with E-state index in [2.05, 4.69) is 20.3 Å². The van der Waals surface area contributed by atoms with E-state index >= 15 is 0 Å². The number of rotatable bonds is 4. The Morgan fingerprint density at radius 3 is 2.60 bits per heavy atom. The Kier molecular flexibility index (Phi) is 4.43. The van der Waals surface area contributed by atoms with Gasteiger partial charge < -0.3 is 5.32 Å². The van der Waals surface area contributed by atoms with Gasteiger partial charge in [0.2, 0.25) is 0 Å². The lowest BCUT2D eigenvalue weighted by molar-refractivity contribution is -0.137. The summed E-state index contributed by atoms with van der Waals surface area (Å²) >= 11 is 1.03. The predicted octanol–water partition coefficient (Wildman–Crippen LogP) is 3.47. The standard InChI is InChI=1S/C12H11F3N4S/c1-2-17-9-5-8(12(13,14)15)6-10(19-9)20-11-7-16-3-4-18-11/h3-7H,2H2,1H3,(H,17,19). The number of aromatic nitrogens is 3. The van der Waals surface area contributed by atoms with Crippen LogP contribution >= 0.6 is 11.8 Å². The molecule has 0 radical (unpaired) electrons. The average molecular weight is 300 g/mol. The molecule has 0 spiro atoms. The number of halogens is 3. The van der Waals surface area contributed by atoms with E-state index in [1.807, 2.05) is 0 Å². The Morgan fingerprint density at radius 1 is 1.20 bits per heavy atom. The molecular weight excluding hydrogens is 289 g/mol. The van der Waals surface area contributed by atoms with Crippen molar-refractivity contribution in [1.29, 1.82) is 0 Å². The van der Waals surface area contributed by atoms with Crippen molar-refractivity contribution in [2.45, 2.75) is 23.2 Å². The Labute approximate surface area is 117 Å². The molecule has 2 rings (SSSR count). The number of alkyl halides is 3. The van der Waals surface area contributed by atoms with E-state index in [9.17, 15) is 13.2 Å². The first-order chi connectivity index (χ1) is 9.49. The summed E-state index contributed by atoms with van der Waals surface area (Å²) in [6.07, 6.45) is 0.0269. The molecule has 0 atom stereocenters. The van der Waals surface area contributed by atoms with Gasteiger partial charge in [-0.25, -0.2) is 9.97 Å². The Balaban J connectivity index is 2.34. The molecule has 0 saturated carbocycles. The smallest absolute Gasteiger partial charge is 0.370 e. The highest BCUT2D eigenvalue weighted by Crippen LogP contribution is 2.34. The van der Waals surface area contributed by atoms with Gasteiger partial charge in [-0.1, -0.05) is 0 Å². The van der Waals surface area contributed by atoms with Crippen molar-refractivity contribution >= 4 is 17.6 Å². The molecule has 2 aromatic rings. The van der Waals surface area contributed by atoms with Crippen molar-refractivity contribution in [3.63, 3.8) is 0 Å². The number of hydrogen-bond acceptors (Lipinski definition) is 5. The summed E-state index contributed by atoms with van der Waals surface area (Å²) in [4.78, 5) is 12.0. The number of anilines is 1. The molecule has 0 aromatic carbocycles. The molecule has 0 bridgehead atoms. The van der Waals surface area contributed by atoms with E-state index in [1.165, 1.54) is 18.6 Å². The second kappa shape index (κ2) is 6.08. The van der Waals surface area contributed by atoms with Gasteiger partial charge in [0.1, 0.15) is 15.9 Å². The summed E-state index contributed by atoms with van der Waals surface area (Å²) in [5, 5.41) is 3.49. The lowest BCUT2D eigenvalue weighted by Gasteiger charge is -2.11. The van der Waals surface area contributed by atoms with Crippen LogP contribution in [0.1, 0.15) is 12.5 Å². The van der Waals surface area contributed by atoms with Gasteiger partial charge >= 0.3 is 6.18 Å². The van der Waals surface area contributed by atoms with Crippen LogP contribution in [0.3, 0.4) is 0 Å². The summed E-state index contributed by atoms with van der Waals surface area (Å²) in [5.74, 6) is 0.189. The summed E-state index contributed by atoms with van der Waals surface area (Å²) < 4.78 is 38.5. The fourth-order valence-corrected chi connectivity index (χ4v) is 2.21. The minimum atomic E-state index is -4.41. The molecule has 4 nitrogen and oxygen atoms in total. The second-order valence-electron chi connectivity index (χ2n) is 3.75. The van der Waals surface area contributed by atoms with Crippen LogP contribution in [-0.2, 0) is 6.18 Å². The van der Waals surface area contributed by atoms with Gasteiger partial charge in [0.05, 0.1) is 11.8 Å². The maximum Gasteiger partial charge on any atom is 0.416 e. The summed E-state index contributed by atoms with van der Waals surface area (Å²) in [6, 6.07) is 1.99. The Bertz CT molecular complexity index is 575. The van der Waals surface area contributed by atoms with Crippen molar-refractivity contribution in [3.05, 3.63) is 36.3 Å². The van der Waals surface area contributed by atoms with Crippen LogP contribution in [0.2, 0.25) is 0 Å². The molecule has 2 heterocycles. The SMILES string of the molecule is CCNc1cc(C(F)(F)F)cc(Sc2cnccn2)n1. The first-order valence-electron chi connectivity index (χ1n) is 5.76. The highest BCUT2D eigenvalue weighted by atomic mass is 32.2. The van der Waals surface area contributed by atoms with Gasteiger partial charge in [-0.3, -0.25) is 4.98 Å². The average Bonchev–Trinajstić information content (AvgIpc) is 2.39. The third-order valence-corrected chi connectivity index (χ3v) is 3.07. The fourth-order valence-electron chi connectivity index (χ4n) is 1.44. The number of pyridine rings is 1. The molecule has 8 heteroatoms. The molecule has 1 N–H and O–H groups in total. The number of hydrogen-bond donors (Lipinski definition) is 1. The largest absolute Gasteiger partial charge is 0.416 e. The second-order valence-corrected chi connectivity index (χ2v) is 4.79. The molecule has 2 aromatic heterocycles. The molecule has 0 amide bonds. The first kappa shape index (κ1) is 14.6. The molecule has 0 saturated heterocycles. The lowest BCUT2D eigenvalue weighted by Crippen LogP contribution is -2.08. The van der Waals surface area contributed by atoms with E-state index in [4.69, 9.17) is 0 Å². The zero-order chi connectivity index (χ0) is 14.6. The van der Waals surface area contributed by atoms with Gasteiger partial charge in [-0.15, -0.1) is 0 Å². The van der Waals surface area contributed by atoms with Crippen LogP contribution in [-0.4, -0.2) is 21.5 Å². The van der Waals surface area contributed by atoms with E-state index in [-0.39, 0.29) is 10.8 Å². The molecule has 0 aliphatic carbocycles. The van der Waals surface area contributed by atoms with E-state index in [1.54, 1.807) is 6.92 Å². The highest BCUT2D eigenvalue weighted by molar-refractivity contribution is 7.99. The molecule has 0 unspecified atom stereocenters. The highest BCUT2D eigenvalue weighted by Gasteiger charge is 2.31. The summed E-state index contributed by atoms with van der Waals surface area (Å²) in [7, 11) is 0. The third-order valence-electron chi connectivity index (χ3n) is 2.24. The zero-order valence-corrected chi connectivity index (χ0v) is 11.3. The quantitative estimate of drug-likeness (QED) is 0.937. The molecule has 106 valence electrons. The summed E-state index contributed by atoms with van der Waals surface area (Å²) in [6.45, 7) is 2.28. The lowest BCUT2D eigenvalue weighted by atomic mass is 10.2. The molecular formula is C12H11F3N4S. The van der Waals surface area contributed by atoms with Crippen molar-refractivity contribution in [2.24, 2.45) is 0 Å². The van der Waals surface area contributed by atoms with E-state index in [0.717, 1.165) is 23.9 Å². The number of nitrogens with zero attached hydrogens (tertiary/aromatic N) is 3. The van der Waals surface area contributed by atoms with E-state index in [0.29, 0.717) is 11.6 Å². The van der Waals surface area contributed by atoms with Crippen molar-refractivity contribution in [1.82, 2.24) is 15.0 Å². The van der Waals surface area contributed by atoms with Gasteiger partial charge in [0.25, 0.3) is 0 Å². The van der Waals surface area contributed by atoms with Crippen molar-refractivity contribution < 1.29 is 13.2 Å². The molecule has 0 fully saturated rings. The predicted molar refractivity (Wildman–Crippen MR) is 69.6 cm³/mol. The van der Waals surface area contributed by atoms with Gasteiger partial charge in [-0.05, 0) is 30.8 Å². The first-order valence-corrected chi connectivity index (χ1v) is 6.57. The molecule has 0 aliphatic rings. The maximum absolute atomic E-state index is 12.8. The normalized spacial score (nSPS) is 11.4. The Morgan fingerprint density at radius 2 is 2.00 bits per heavy atom. The van der Waals surface area contributed by atoms with Crippen LogP contribution in [0.5, 0.6) is 0 Å². The monoisotopic (exact) mass is 300 g/mol. The van der Waals surface area contributed by atoms with Crippen LogP contribution in [0.4, 0.5) is 19.0 Å². The number of nitrogens with one attached hydrogen (secondary N) is 1. The van der Waals surface area contributed by atoms with E-state index < -0.39 is 11.7 Å². The third kappa shape index (κ3) is 3.83. The minimum absolute atomic E-state index is 0.189. The van der Waals surface area contributed by atoms with Gasteiger partial charge in [0.15, 0.2) is 0 Å². The van der Waals surface area contributed by atoms with Crippen LogP contribution < -0.4 is 5.32 Å². The maximum atomic E-state index is 12.8. The topological polar surface area (TPSA) is 50.7 Å². The molecule has 20 heavy (non-hydrogen) atoms. The van der Waals surface area contributed by atoms with Crippen molar-refractivity contribution in [2.75, 3.05) is 11.9 Å². The van der Waals surface area contributed by atoms with Crippen molar-refractivity contribution in [3.8, 4) is 0 Å². The fraction of sp³-hybridized carbons (Fsp3) is 0.250. The molecule has 0 aliphatic heterocycles. The zero-order valence-electron chi connectivity index (χ0n) is 10.5. The van der Waals surface area contributed by atoms with Crippen LogP contribution in [0.25, 0.3) is 0 Å².